The summed E-state index contributed by atoms with van der Waals surface area (Å²) in [6, 6.07) is 9.59. The lowest BCUT2D eigenvalue weighted by atomic mass is 10.2. The van der Waals surface area contributed by atoms with E-state index < -0.39 is 0 Å². The second-order valence-corrected chi connectivity index (χ2v) is 4.76. The largest absolute Gasteiger partial charge is 0.459 e. The number of anilines is 1. The number of benzene rings is 1. The van der Waals surface area contributed by atoms with Crippen LogP contribution >= 0.6 is 0 Å². The first kappa shape index (κ1) is 14.3. The van der Waals surface area contributed by atoms with E-state index in [1.54, 1.807) is 6.07 Å². The van der Waals surface area contributed by atoms with E-state index in [4.69, 9.17) is 4.42 Å². The van der Waals surface area contributed by atoms with Gasteiger partial charge in [0.2, 0.25) is 0 Å². The Labute approximate surface area is 119 Å². The molecule has 1 amide bonds. The molecule has 4 nitrogen and oxygen atoms in total. The molecule has 0 spiro atoms. The first-order chi connectivity index (χ1) is 9.70. The van der Waals surface area contributed by atoms with Crippen LogP contribution in [0.25, 0.3) is 0 Å². The lowest BCUT2D eigenvalue weighted by molar-refractivity contribution is 0.0996. The third-order valence-electron chi connectivity index (χ3n) is 3.04. The summed E-state index contributed by atoms with van der Waals surface area (Å²) in [4.78, 5) is 12.0. The lowest BCUT2D eigenvalue weighted by Crippen LogP contribution is -2.14. The van der Waals surface area contributed by atoms with Crippen LogP contribution in [0.4, 0.5) is 5.69 Å². The van der Waals surface area contributed by atoms with Crippen molar-refractivity contribution in [1.82, 2.24) is 5.32 Å². The van der Waals surface area contributed by atoms with Gasteiger partial charge >= 0.3 is 0 Å². The summed E-state index contributed by atoms with van der Waals surface area (Å²) in [6.45, 7) is 5.85. The molecular formula is C16H20N2O2. The maximum atomic E-state index is 12.0. The number of aryl methyl sites for hydroxylation is 1. The Morgan fingerprint density at radius 2 is 1.95 bits per heavy atom. The first-order valence-corrected chi connectivity index (χ1v) is 6.86. The van der Waals surface area contributed by atoms with Crippen molar-refractivity contribution in [2.75, 3.05) is 11.9 Å². The SMILES string of the molecule is CCCNCc1ccc(NC(=O)c2occc2C)cc1. The zero-order valence-corrected chi connectivity index (χ0v) is 11.9. The van der Waals surface area contributed by atoms with Gasteiger partial charge in [0.15, 0.2) is 5.76 Å². The molecule has 1 aromatic carbocycles. The maximum absolute atomic E-state index is 12.0. The van der Waals surface area contributed by atoms with E-state index >= 15 is 0 Å². The van der Waals surface area contributed by atoms with Crippen LogP contribution in [0.15, 0.2) is 41.0 Å². The van der Waals surface area contributed by atoms with E-state index in [1.807, 2.05) is 31.2 Å². The lowest BCUT2D eigenvalue weighted by Gasteiger charge is -2.06. The second kappa shape index (κ2) is 6.91. The fourth-order valence-corrected chi connectivity index (χ4v) is 1.91. The van der Waals surface area contributed by atoms with Gasteiger partial charge in [0.25, 0.3) is 5.91 Å². The highest BCUT2D eigenvalue weighted by Gasteiger charge is 2.12. The molecule has 0 bridgehead atoms. The molecule has 0 saturated heterocycles. The molecule has 0 saturated carbocycles. The maximum Gasteiger partial charge on any atom is 0.291 e. The molecular weight excluding hydrogens is 252 g/mol. The minimum atomic E-state index is -0.218. The van der Waals surface area contributed by atoms with Gasteiger partial charge in [0.1, 0.15) is 0 Å². The van der Waals surface area contributed by atoms with E-state index in [0.717, 1.165) is 30.8 Å². The Hall–Kier alpha value is -2.07. The normalized spacial score (nSPS) is 10.5. The van der Waals surface area contributed by atoms with Crippen LogP contribution in [-0.2, 0) is 6.54 Å². The van der Waals surface area contributed by atoms with Crippen molar-refractivity contribution in [3.05, 3.63) is 53.5 Å². The van der Waals surface area contributed by atoms with Crippen LogP contribution in [0.3, 0.4) is 0 Å². The number of amides is 1. The summed E-state index contributed by atoms with van der Waals surface area (Å²) in [7, 11) is 0. The number of hydrogen-bond donors (Lipinski definition) is 2. The fraction of sp³-hybridized carbons (Fsp3) is 0.312. The Balaban J connectivity index is 1.93. The van der Waals surface area contributed by atoms with Crippen LogP contribution < -0.4 is 10.6 Å². The highest BCUT2D eigenvalue weighted by molar-refractivity contribution is 6.03. The molecule has 106 valence electrons. The van der Waals surface area contributed by atoms with Gasteiger partial charge < -0.3 is 15.1 Å². The van der Waals surface area contributed by atoms with Crippen molar-refractivity contribution in [2.45, 2.75) is 26.8 Å². The van der Waals surface area contributed by atoms with Gasteiger partial charge in [-0.05, 0) is 43.7 Å². The van der Waals surface area contributed by atoms with Gasteiger partial charge in [-0.1, -0.05) is 19.1 Å². The summed E-state index contributed by atoms with van der Waals surface area (Å²) in [5, 5.41) is 6.17. The van der Waals surface area contributed by atoms with Gasteiger partial charge in [0.05, 0.1) is 6.26 Å². The minimum absolute atomic E-state index is 0.218. The number of hydrogen-bond acceptors (Lipinski definition) is 3. The molecule has 20 heavy (non-hydrogen) atoms. The third-order valence-corrected chi connectivity index (χ3v) is 3.04. The predicted molar refractivity (Wildman–Crippen MR) is 79.8 cm³/mol. The minimum Gasteiger partial charge on any atom is -0.459 e. The highest BCUT2D eigenvalue weighted by Crippen LogP contribution is 2.14. The number of carbonyl (C=O) groups excluding carboxylic acids is 1. The number of nitrogens with one attached hydrogen (secondary N) is 2. The molecule has 0 fully saturated rings. The average Bonchev–Trinajstić information content (AvgIpc) is 2.87. The molecule has 1 aromatic heterocycles. The van der Waals surface area contributed by atoms with Crippen molar-refractivity contribution in [3.8, 4) is 0 Å². The second-order valence-electron chi connectivity index (χ2n) is 4.76. The molecule has 0 aliphatic heterocycles. The topological polar surface area (TPSA) is 54.3 Å². The molecule has 0 radical (unpaired) electrons. The van der Waals surface area contributed by atoms with Gasteiger partial charge in [-0.15, -0.1) is 0 Å². The van der Waals surface area contributed by atoms with E-state index in [0.29, 0.717) is 5.76 Å². The number of carbonyl (C=O) groups is 1. The molecule has 1 heterocycles. The Morgan fingerprint density at radius 3 is 2.55 bits per heavy atom. The molecule has 0 aliphatic rings. The zero-order chi connectivity index (χ0) is 14.4. The van der Waals surface area contributed by atoms with Gasteiger partial charge in [-0.3, -0.25) is 4.79 Å². The standard InChI is InChI=1S/C16H20N2O2/c1-3-9-17-11-13-4-6-14(7-5-13)18-16(19)15-12(2)8-10-20-15/h4-8,10,17H,3,9,11H2,1-2H3,(H,18,19). The first-order valence-electron chi connectivity index (χ1n) is 6.86. The Morgan fingerprint density at radius 1 is 1.20 bits per heavy atom. The van der Waals surface area contributed by atoms with Gasteiger partial charge in [-0.25, -0.2) is 0 Å². The molecule has 0 atom stereocenters. The van der Waals surface area contributed by atoms with E-state index in [-0.39, 0.29) is 5.91 Å². The van der Waals surface area contributed by atoms with Gasteiger partial charge in [-0.2, -0.15) is 0 Å². The van der Waals surface area contributed by atoms with Crippen molar-refractivity contribution in [3.63, 3.8) is 0 Å². The fourth-order valence-electron chi connectivity index (χ4n) is 1.91. The molecule has 2 rings (SSSR count). The molecule has 2 aromatic rings. The number of rotatable bonds is 6. The van der Waals surface area contributed by atoms with E-state index in [2.05, 4.69) is 17.6 Å². The van der Waals surface area contributed by atoms with Crippen LogP contribution in [0.5, 0.6) is 0 Å². The van der Waals surface area contributed by atoms with Crippen molar-refractivity contribution < 1.29 is 9.21 Å². The quantitative estimate of drug-likeness (QED) is 0.793. The van der Waals surface area contributed by atoms with Crippen molar-refractivity contribution in [2.24, 2.45) is 0 Å². The summed E-state index contributed by atoms with van der Waals surface area (Å²) in [5.74, 6) is 0.142. The zero-order valence-electron chi connectivity index (χ0n) is 11.9. The van der Waals surface area contributed by atoms with Crippen LogP contribution in [-0.4, -0.2) is 12.5 Å². The van der Waals surface area contributed by atoms with E-state index in [9.17, 15) is 4.79 Å². The molecule has 4 heteroatoms. The van der Waals surface area contributed by atoms with Crippen molar-refractivity contribution in [1.29, 1.82) is 0 Å². The van der Waals surface area contributed by atoms with Crippen LogP contribution in [0.1, 0.15) is 35.0 Å². The molecule has 2 N–H and O–H groups in total. The smallest absolute Gasteiger partial charge is 0.291 e. The summed E-state index contributed by atoms with van der Waals surface area (Å²) in [5.41, 5.74) is 2.80. The third kappa shape index (κ3) is 3.71. The van der Waals surface area contributed by atoms with Crippen molar-refractivity contribution >= 4 is 11.6 Å². The molecule has 0 aliphatic carbocycles. The summed E-state index contributed by atoms with van der Waals surface area (Å²) in [6.07, 6.45) is 2.64. The van der Waals surface area contributed by atoms with E-state index in [1.165, 1.54) is 11.8 Å². The monoisotopic (exact) mass is 272 g/mol. The van der Waals surface area contributed by atoms with Gasteiger partial charge in [0, 0.05) is 17.8 Å². The highest BCUT2D eigenvalue weighted by atomic mass is 16.3. The molecule has 0 unspecified atom stereocenters. The van der Waals surface area contributed by atoms with Crippen LogP contribution in [0, 0.1) is 6.92 Å². The Kier molecular flexibility index (Phi) is 4.96. The average molecular weight is 272 g/mol. The summed E-state index contributed by atoms with van der Waals surface area (Å²) >= 11 is 0. The predicted octanol–water partition coefficient (Wildman–Crippen LogP) is 3.34. The summed E-state index contributed by atoms with van der Waals surface area (Å²) < 4.78 is 5.17. The Bertz CT molecular complexity index is 558. The van der Waals surface area contributed by atoms with Crippen LogP contribution in [0.2, 0.25) is 0 Å². The number of furan rings is 1.